The van der Waals surface area contributed by atoms with Crippen molar-refractivity contribution in [3.63, 3.8) is 0 Å². The smallest absolute Gasteiger partial charge is 0.301 e. The molecule has 182 valence electrons. The monoisotopic (exact) mass is 522 g/mol. The number of hydrogen-bond donors (Lipinski definition) is 1. The number of rotatable bonds is 6. The number of carbonyl (C=O) groups is 2. The van der Waals surface area contributed by atoms with Crippen molar-refractivity contribution in [2.24, 2.45) is 0 Å². The van der Waals surface area contributed by atoms with Crippen LogP contribution in [0.1, 0.15) is 30.5 Å². The number of hydrogen-bond acceptors (Lipinski definition) is 6. The minimum absolute atomic E-state index is 0.0680. The van der Waals surface area contributed by atoms with Gasteiger partial charge in [0.25, 0.3) is 5.78 Å². The van der Waals surface area contributed by atoms with Gasteiger partial charge in [-0.1, -0.05) is 48.1 Å². The van der Waals surface area contributed by atoms with Gasteiger partial charge in [-0.15, -0.1) is 0 Å². The number of aromatic nitrogens is 1. The third kappa shape index (κ3) is 4.23. The first-order chi connectivity index (χ1) is 17.4. The number of anilines is 1. The Balaban J connectivity index is 1.66. The second-order valence-corrected chi connectivity index (χ2v) is 9.62. The molecule has 0 bridgehead atoms. The van der Waals surface area contributed by atoms with Gasteiger partial charge in [-0.3, -0.25) is 14.5 Å². The van der Waals surface area contributed by atoms with E-state index in [1.54, 1.807) is 48.5 Å². The highest BCUT2D eigenvalue weighted by Gasteiger charge is 2.49. The molecule has 1 amide bonds. The fourth-order valence-electron chi connectivity index (χ4n) is 4.09. The number of aliphatic hydroxyl groups is 1. The van der Waals surface area contributed by atoms with Crippen molar-refractivity contribution in [3.8, 4) is 5.75 Å². The van der Waals surface area contributed by atoms with Gasteiger partial charge in [0.1, 0.15) is 23.4 Å². The molecule has 1 unspecified atom stereocenters. The number of carbonyl (C=O) groups excluding carboxylic acids is 2. The maximum atomic E-state index is 15.0. The molecule has 1 aliphatic heterocycles. The van der Waals surface area contributed by atoms with Crippen LogP contribution in [0, 0.1) is 5.82 Å². The molecule has 1 fully saturated rings. The van der Waals surface area contributed by atoms with Gasteiger partial charge in [0.15, 0.2) is 5.13 Å². The normalized spacial score (nSPS) is 17.2. The number of thiazole rings is 1. The van der Waals surface area contributed by atoms with Crippen LogP contribution in [-0.2, 0) is 9.59 Å². The maximum absolute atomic E-state index is 15.0. The van der Waals surface area contributed by atoms with Gasteiger partial charge in [0, 0.05) is 16.1 Å². The number of fused-ring (bicyclic) bond motifs is 1. The quantitative estimate of drug-likeness (QED) is 0.177. The molecule has 0 radical (unpaired) electrons. The zero-order valence-corrected chi connectivity index (χ0v) is 20.6. The lowest BCUT2D eigenvalue weighted by molar-refractivity contribution is -0.132. The van der Waals surface area contributed by atoms with Crippen molar-refractivity contribution in [3.05, 3.63) is 94.3 Å². The van der Waals surface area contributed by atoms with Crippen LogP contribution >= 0.6 is 22.9 Å². The van der Waals surface area contributed by atoms with Crippen molar-refractivity contribution in [1.29, 1.82) is 0 Å². The van der Waals surface area contributed by atoms with Crippen LogP contribution in [0.5, 0.6) is 5.75 Å². The van der Waals surface area contributed by atoms with Crippen molar-refractivity contribution in [2.75, 3.05) is 11.5 Å². The molecule has 4 aromatic rings. The number of amides is 1. The number of benzene rings is 3. The third-order valence-electron chi connectivity index (χ3n) is 5.79. The van der Waals surface area contributed by atoms with E-state index in [0.29, 0.717) is 33.2 Å². The Bertz CT molecular complexity index is 1520. The van der Waals surface area contributed by atoms with Crippen LogP contribution < -0.4 is 9.64 Å². The number of ether oxygens (including phenoxy) is 1. The summed E-state index contributed by atoms with van der Waals surface area (Å²) in [5.74, 6) is -2.25. The average molecular weight is 523 g/mol. The maximum Gasteiger partial charge on any atom is 0.301 e. The lowest BCUT2D eigenvalue weighted by Crippen LogP contribution is -2.29. The first-order valence-electron chi connectivity index (χ1n) is 11.2. The number of halogens is 2. The van der Waals surface area contributed by atoms with Gasteiger partial charge in [-0.2, -0.15) is 0 Å². The summed E-state index contributed by atoms with van der Waals surface area (Å²) in [6, 6.07) is 16.2. The minimum Gasteiger partial charge on any atom is -0.507 e. The van der Waals surface area contributed by atoms with Gasteiger partial charge in [-0.05, 0) is 55.0 Å². The van der Waals surface area contributed by atoms with Gasteiger partial charge in [0.05, 0.1) is 22.4 Å². The number of nitrogens with zero attached hydrogens (tertiary/aromatic N) is 2. The lowest BCUT2D eigenvalue weighted by Gasteiger charge is -2.23. The largest absolute Gasteiger partial charge is 0.507 e. The minimum atomic E-state index is -1.21. The van der Waals surface area contributed by atoms with Crippen LogP contribution in [0.3, 0.4) is 0 Å². The predicted octanol–water partition coefficient (Wildman–Crippen LogP) is 6.50. The van der Waals surface area contributed by atoms with Crippen LogP contribution in [0.15, 0.2) is 72.3 Å². The Labute approximate surface area is 215 Å². The molecule has 1 N–H and O–H groups in total. The van der Waals surface area contributed by atoms with E-state index in [1.807, 2.05) is 6.92 Å². The van der Waals surface area contributed by atoms with E-state index in [-0.39, 0.29) is 16.3 Å². The number of Topliss-reactive ketones (excluding diaryl/α,β-unsaturated/α-hetero) is 1. The third-order valence-corrected chi connectivity index (χ3v) is 7.04. The molecule has 1 aromatic heterocycles. The van der Waals surface area contributed by atoms with Crippen LogP contribution in [-0.4, -0.2) is 28.4 Å². The number of ketones is 1. The summed E-state index contributed by atoms with van der Waals surface area (Å²) >= 11 is 7.25. The molecular formula is C27H20ClFN2O4S. The molecule has 6 nitrogen and oxygen atoms in total. The Morgan fingerprint density at radius 2 is 1.89 bits per heavy atom. The molecule has 36 heavy (non-hydrogen) atoms. The molecule has 1 atom stereocenters. The molecule has 3 aromatic carbocycles. The van der Waals surface area contributed by atoms with Crippen molar-refractivity contribution in [1.82, 2.24) is 4.98 Å². The highest BCUT2D eigenvalue weighted by molar-refractivity contribution is 7.22. The van der Waals surface area contributed by atoms with E-state index >= 15 is 4.39 Å². The van der Waals surface area contributed by atoms with Crippen molar-refractivity contribution < 1.29 is 23.8 Å². The second kappa shape index (κ2) is 9.72. The summed E-state index contributed by atoms with van der Waals surface area (Å²) in [4.78, 5) is 32.2. The Hall–Kier alpha value is -3.75. The summed E-state index contributed by atoms with van der Waals surface area (Å²) in [7, 11) is 0. The Kier molecular flexibility index (Phi) is 6.47. The van der Waals surface area contributed by atoms with E-state index in [2.05, 4.69) is 4.98 Å². The lowest BCUT2D eigenvalue weighted by atomic mass is 9.95. The molecule has 0 aliphatic carbocycles. The van der Waals surface area contributed by atoms with E-state index in [1.165, 1.54) is 18.2 Å². The van der Waals surface area contributed by atoms with Crippen molar-refractivity contribution in [2.45, 2.75) is 19.4 Å². The van der Waals surface area contributed by atoms with Gasteiger partial charge in [0.2, 0.25) is 0 Å². The van der Waals surface area contributed by atoms with E-state index < -0.39 is 29.3 Å². The SMILES string of the molecule is CCCOc1ccc(C(O)=C2C(=O)C(=O)N(c3nc4ccc(Cl)cc4s3)C2c2ccccc2F)cc1. The fourth-order valence-corrected chi connectivity index (χ4v) is 5.36. The predicted molar refractivity (Wildman–Crippen MR) is 138 cm³/mol. The Morgan fingerprint density at radius 1 is 1.14 bits per heavy atom. The summed E-state index contributed by atoms with van der Waals surface area (Å²) in [6.45, 7) is 2.53. The van der Waals surface area contributed by atoms with Gasteiger partial charge >= 0.3 is 5.91 Å². The van der Waals surface area contributed by atoms with Gasteiger partial charge < -0.3 is 9.84 Å². The highest BCUT2D eigenvalue weighted by atomic mass is 35.5. The summed E-state index contributed by atoms with van der Waals surface area (Å²) < 4.78 is 21.3. The molecule has 0 spiro atoms. The highest BCUT2D eigenvalue weighted by Crippen LogP contribution is 2.45. The molecule has 2 heterocycles. The zero-order chi connectivity index (χ0) is 25.4. The first-order valence-corrected chi connectivity index (χ1v) is 12.4. The molecule has 0 saturated carbocycles. The van der Waals surface area contributed by atoms with Crippen LogP contribution in [0.25, 0.3) is 16.0 Å². The summed E-state index contributed by atoms with van der Waals surface area (Å²) in [6.07, 6.45) is 0.839. The van der Waals surface area contributed by atoms with Crippen molar-refractivity contribution >= 4 is 55.7 Å². The topological polar surface area (TPSA) is 79.7 Å². The van der Waals surface area contributed by atoms with E-state index in [9.17, 15) is 14.7 Å². The summed E-state index contributed by atoms with van der Waals surface area (Å²) in [5, 5.41) is 11.9. The van der Waals surface area contributed by atoms with E-state index in [4.69, 9.17) is 16.3 Å². The Morgan fingerprint density at radius 3 is 2.61 bits per heavy atom. The van der Waals surface area contributed by atoms with Gasteiger partial charge in [-0.25, -0.2) is 9.37 Å². The van der Waals surface area contributed by atoms with Crippen LogP contribution in [0.4, 0.5) is 9.52 Å². The molecule has 5 rings (SSSR count). The summed E-state index contributed by atoms with van der Waals surface area (Å²) in [5.41, 5.74) is 0.730. The average Bonchev–Trinajstić information content (AvgIpc) is 3.40. The molecule has 9 heteroatoms. The molecule has 1 aliphatic rings. The molecule has 1 saturated heterocycles. The van der Waals surface area contributed by atoms with E-state index in [0.717, 1.165) is 22.7 Å². The first kappa shape index (κ1) is 24.0. The fraction of sp³-hybridized carbons (Fsp3) is 0.148. The van der Waals surface area contributed by atoms with Crippen LogP contribution in [0.2, 0.25) is 5.02 Å². The zero-order valence-electron chi connectivity index (χ0n) is 19.1. The standard InChI is InChI=1S/C27H20ClFN2O4S/c1-2-13-35-17-10-7-15(8-11-17)24(32)22-23(18-5-3-4-6-19(18)29)31(26(34)25(22)33)27-30-20-12-9-16(28)14-21(20)36-27/h3-12,14,23,32H,2,13H2,1H3. The second-order valence-electron chi connectivity index (χ2n) is 8.17. The number of aliphatic hydroxyl groups excluding tert-OH is 1. The molecular weight excluding hydrogens is 503 g/mol.